The molecule has 4 heteroatoms. The molecule has 2 aromatic carbocycles. The molecule has 0 aliphatic carbocycles. The number of nitriles is 1. The highest BCUT2D eigenvalue weighted by Gasteiger charge is 2.16. The molecule has 2 nitrogen and oxygen atoms in total. The van der Waals surface area contributed by atoms with E-state index in [9.17, 15) is 10.1 Å². The summed E-state index contributed by atoms with van der Waals surface area (Å²) in [6.07, 6.45) is 0.166. The van der Waals surface area contributed by atoms with Crippen molar-refractivity contribution in [3.8, 4) is 6.07 Å². The topological polar surface area (TPSA) is 40.9 Å². The van der Waals surface area contributed by atoms with Gasteiger partial charge in [-0.15, -0.1) is 0 Å². The predicted octanol–water partition coefficient (Wildman–Crippen LogP) is 4.98. The molecule has 0 aliphatic heterocycles. The Morgan fingerprint density at radius 1 is 1.15 bits per heavy atom. The van der Waals surface area contributed by atoms with Gasteiger partial charge in [0, 0.05) is 21.5 Å². The lowest BCUT2D eigenvalue weighted by atomic mass is 9.93. The van der Waals surface area contributed by atoms with E-state index in [0.717, 1.165) is 10.0 Å². The third-order valence-electron chi connectivity index (χ3n) is 2.98. The highest BCUT2D eigenvalue weighted by molar-refractivity contribution is 9.10. The molecule has 2 rings (SSSR count). The molecule has 0 heterocycles. The van der Waals surface area contributed by atoms with Gasteiger partial charge in [-0.25, -0.2) is 0 Å². The molecule has 0 spiro atoms. The van der Waals surface area contributed by atoms with Gasteiger partial charge in [-0.2, -0.15) is 5.26 Å². The fourth-order valence-corrected chi connectivity index (χ4v) is 2.26. The van der Waals surface area contributed by atoms with Crippen molar-refractivity contribution in [3.05, 3.63) is 69.2 Å². The fraction of sp³-hybridized carbons (Fsp3) is 0.125. The van der Waals surface area contributed by atoms with Crippen LogP contribution in [-0.4, -0.2) is 5.78 Å². The molecule has 0 saturated heterocycles. The van der Waals surface area contributed by atoms with Gasteiger partial charge in [-0.3, -0.25) is 4.79 Å². The zero-order chi connectivity index (χ0) is 14.5. The van der Waals surface area contributed by atoms with Gasteiger partial charge in [0.25, 0.3) is 0 Å². The highest BCUT2D eigenvalue weighted by Crippen LogP contribution is 2.23. The monoisotopic (exact) mass is 347 g/mol. The molecule has 2 aromatic rings. The normalized spacial score (nSPS) is 11.7. The third-order valence-corrected chi connectivity index (χ3v) is 3.76. The maximum Gasteiger partial charge on any atom is 0.164 e. The van der Waals surface area contributed by atoms with Crippen LogP contribution in [0.4, 0.5) is 0 Å². The molecule has 0 bridgehead atoms. The molecular weight excluding hydrogens is 338 g/mol. The van der Waals surface area contributed by atoms with Crippen molar-refractivity contribution in [1.82, 2.24) is 0 Å². The van der Waals surface area contributed by atoms with Crippen LogP contribution in [-0.2, 0) is 0 Å². The van der Waals surface area contributed by atoms with Gasteiger partial charge < -0.3 is 0 Å². The van der Waals surface area contributed by atoms with E-state index in [2.05, 4.69) is 22.0 Å². The third kappa shape index (κ3) is 3.69. The van der Waals surface area contributed by atoms with E-state index >= 15 is 0 Å². The van der Waals surface area contributed by atoms with Crippen LogP contribution in [0.2, 0.25) is 5.02 Å². The lowest BCUT2D eigenvalue weighted by Gasteiger charge is -2.09. The Balaban J connectivity index is 2.14. The van der Waals surface area contributed by atoms with Crippen LogP contribution in [0.1, 0.15) is 28.3 Å². The summed E-state index contributed by atoms with van der Waals surface area (Å²) in [6, 6.07) is 16.3. The molecule has 0 unspecified atom stereocenters. The van der Waals surface area contributed by atoms with Gasteiger partial charge in [-0.1, -0.05) is 51.8 Å². The van der Waals surface area contributed by atoms with Crippen LogP contribution in [0.25, 0.3) is 0 Å². The number of carbonyl (C=O) groups is 1. The SMILES string of the molecule is N#C[C@@H](CC(=O)c1ccc(Br)cc1)c1ccc(Cl)cc1. The van der Waals surface area contributed by atoms with Gasteiger partial charge in [0.2, 0.25) is 0 Å². The van der Waals surface area contributed by atoms with E-state index in [0.29, 0.717) is 10.6 Å². The molecule has 0 radical (unpaired) electrons. The predicted molar refractivity (Wildman–Crippen MR) is 82.9 cm³/mol. The summed E-state index contributed by atoms with van der Waals surface area (Å²) in [5.74, 6) is -0.498. The summed E-state index contributed by atoms with van der Waals surface area (Å²) in [6.45, 7) is 0. The van der Waals surface area contributed by atoms with Crippen LogP contribution in [0, 0.1) is 11.3 Å². The Morgan fingerprint density at radius 3 is 2.30 bits per heavy atom. The molecular formula is C16H11BrClNO. The number of rotatable bonds is 4. The maximum atomic E-state index is 12.2. The van der Waals surface area contributed by atoms with Crippen molar-refractivity contribution in [2.24, 2.45) is 0 Å². The molecule has 1 atom stereocenters. The van der Waals surface area contributed by atoms with Gasteiger partial charge in [0.15, 0.2) is 5.78 Å². The summed E-state index contributed by atoms with van der Waals surface area (Å²) in [5.41, 5.74) is 1.42. The molecule has 0 aromatic heterocycles. The highest BCUT2D eigenvalue weighted by atomic mass is 79.9. The number of hydrogen-bond acceptors (Lipinski definition) is 2. The van der Waals surface area contributed by atoms with E-state index in [-0.39, 0.29) is 12.2 Å². The van der Waals surface area contributed by atoms with Crippen molar-refractivity contribution in [3.63, 3.8) is 0 Å². The van der Waals surface area contributed by atoms with Gasteiger partial charge in [-0.05, 0) is 29.8 Å². The lowest BCUT2D eigenvalue weighted by Crippen LogP contribution is -2.06. The Hall–Kier alpha value is -1.63. The summed E-state index contributed by atoms with van der Waals surface area (Å²) in [7, 11) is 0. The molecule has 20 heavy (non-hydrogen) atoms. The molecule has 0 N–H and O–H groups in total. The first-order valence-corrected chi connectivity index (χ1v) is 7.21. The van der Waals surface area contributed by atoms with Crippen LogP contribution < -0.4 is 0 Å². The van der Waals surface area contributed by atoms with Gasteiger partial charge >= 0.3 is 0 Å². The first kappa shape index (κ1) is 14.8. The Bertz CT molecular complexity index is 644. The minimum atomic E-state index is -0.455. The van der Waals surface area contributed by atoms with Crippen LogP contribution in [0.5, 0.6) is 0 Å². The zero-order valence-corrected chi connectivity index (χ0v) is 12.9. The number of Topliss-reactive ketones (excluding diaryl/α,β-unsaturated/α-hetero) is 1. The summed E-state index contributed by atoms with van der Waals surface area (Å²) < 4.78 is 0.920. The van der Waals surface area contributed by atoms with E-state index in [1.807, 2.05) is 12.1 Å². The Kier molecular flexibility index (Phi) is 4.94. The first-order valence-electron chi connectivity index (χ1n) is 6.04. The molecule has 0 fully saturated rings. The zero-order valence-electron chi connectivity index (χ0n) is 10.5. The van der Waals surface area contributed by atoms with Crippen LogP contribution >= 0.6 is 27.5 Å². The van der Waals surface area contributed by atoms with Crippen molar-refractivity contribution in [2.75, 3.05) is 0 Å². The van der Waals surface area contributed by atoms with Crippen molar-refractivity contribution >= 4 is 33.3 Å². The van der Waals surface area contributed by atoms with Gasteiger partial charge in [0.1, 0.15) is 0 Å². The van der Waals surface area contributed by atoms with Crippen molar-refractivity contribution < 1.29 is 4.79 Å². The maximum absolute atomic E-state index is 12.2. The Labute approximate surface area is 131 Å². The van der Waals surface area contributed by atoms with E-state index < -0.39 is 5.92 Å². The molecule has 100 valence electrons. The van der Waals surface area contributed by atoms with E-state index in [1.165, 1.54) is 0 Å². The fourth-order valence-electron chi connectivity index (χ4n) is 1.87. The number of carbonyl (C=O) groups excluding carboxylic acids is 1. The Morgan fingerprint density at radius 2 is 1.75 bits per heavy atom. The quantitative estimate of drug-likeness (QED) is 0.731. The van der Waals surface area contributed by atoms with Crippen molar-refractivity contribution in [2.45, 2.75) is 12.3 Å². The van der Waals surface area contributed by atoms with Gasteiger partial charge in [0.05, 0.1) is 12.0 Å². The van der Waals surface area contributed by atoms with Crippen LogP contribution in [0.3, 0.4) is 0 Å². The second-order valence-corrected chi connectivity index (χ2v) is 5.72. The lowest BCUT2D eigenvalue weighted by molar-refractivity contribution is 0.0979. The van der Waals surface area contributed by atoms with Crippen LogP contribution in [0.15, 0.2) is 53.0 Å². The minimum absolute atomic E-state index is 0.0426. The average molecular weight is 349 g/mol. The molecule has 0 saturated carbocycles. The number of ketones is 1. The summed E-state index contributed by atoms with van der Waals surface area (Å²) >= 11 is 9.15. The number of hydrogen-bond donors (Lipinski definition) is 0. The van der Waals surface area contributed by atoms with Crippen molar-refractivity contribution in [1.29, 1.82) is 5.26 Å². The number of nitrogens with zero attached hydrogens (tertiary/aromatic N) is 1. The standard InChI is InChI=1S/C16H11BrClNO/c17-14-5-1-12(2-6-14)16(20)9-13(10-19)11-3-7-15(18)8-4-11/h1-8,13H,9H2/t13-/m1/s1. The first-order chi connectivity index (χ1) is 9.60. The largest absolute Gasteiger partial charge is 0.294 e. The van der Waals surface area contributed by atoms with E-state index in [1.54, 1.807) is 36.4 Å². The second kappa shape index (κ2) is 6.69. The summed E-state index contributed by atoms with van der Waals surface area (Å²) in [4.78, 5) is 12.2. The molecule has 0 amide bonds. The number of benzene rings is 2. The number of halogens is 2. The smallest absolute Gasteiger partial charge is 0.164 e. The second-order valence-electron chi connectivity index (χ2n) is 4.37. The van der Waals surface area contributed by atoms with E-state index in [4.69, 9.17) is 11.6 Å². The minimum Gasteiger partial charge on any atom is -0.294 e. The molecule has 0 aliphatic rings. The summed E-state index contributed by atoms with van der Waals surface area (Å²) in [5, 5.41) is 9.86. The average Bonchev–Trinajstić information content (AvgIpc) is 2.46.